The number of rotatable bonds is 7. The fourth-order valence-corrected chi connectivity index (χ4v) is 3.22. The summed E-state index contributed by atoms with van der Waals surface area (Å²) in [6.07, 6.45) is 4.99. The lowest BCUT2D eigenvalue weighted by Crippen LogP contribution is -2.38. The number of thioether (sulfide) groups is 1. The molecule has 0 saturated heterocycles. The van der Waals surface area contributed by atoms with Crippen LogP contribution in [0.1, 0.15) is 12.0 Å². The lowest BCUT2D eigenvalue weighted by atomic mass is 10.1. The third-order valence-electron chi connectivity index (χ3n) is 3.54. The molecule has 0 aliphatic heterocycles. The molecule has 0 spiro atoms. The van der Waals surface area contributed by atoms with Gasteiger partial charge in [0.1, 0.15) is 0 Å². The molecule has 0 fully saturated rings. The molecule has 0 saturated carbocycles. The van der Waals surface area contributed by atoms with Crippen molar-refractivity contribution in [3.63, 3.8) is 0 Å². The number of nitrogens with zero attached hydrogens (tertiary/aromatic N) is 1. The highest BCUT2D eigenvalue weighted by Gasteiger charge is 2.14. The van der Waals surface area contributed by atoms with Gasteiger partial charge in [-0.2, -0.15) is 11.8 Å². The molecule has 0 radical (unpaired) electrons. The topological polar surface area (TPSA) is 54.3 Å². The molecule has 2 rings (SSSR count). The highest BCUT2D eigenvalue weighted by Crippen LogP contribution is 2.20. The lowest BCUT2D eigenvalue weighted by Gasteiger charge is -2.16. The number of hydrogen-bond donors (Lipinski definition) is 2. The Hall–Kier alpha value is -1.46. The van der Waals surface area contributed by atoms with Crippen LogP contribution in [-0.2, 0) is 18.3 Å². The zero-order chi connectivity index (χ0) is 15.2. The molecule has 21 heavy (non-hydrogen) atoms. The Morgan fingerprint density at radius 3 is 2.90 bits per heavy atom. The Kier molecular flexibility index (Phi) is 5.70. The van der Waals surface area contributed by atoms with E-state index in [0.717, 1.165) is 22.2 Å². The molecule has 1 unspecified atom stereocenters. The number of carbonyl (C=O) groups is 1. The number of nitrogens with one attached hydrogen (secondary N) is 1. The molecule has 0 bridgehead atoms. The molecular weight excluding hydrogens is 284 g/mol. The summed E-state index contributed by atoms with van der Waals surface area (Å²) in [6, 6.07) is 8.13. The number of aliphatic hydroxyl groups excluding tert-OH is 1. The van der Waals surface area contributed by atoms with E-state index in [1.165, 1.54) is 0 Å². The van der Waals surface area contributed by atoms with Crippen LogP contribution in [-0.4, -0.2) is 40.2 Å². The predicted molar refractivity (Wildman–Crippen MR) is 88.6 cm³/mol. The molecule has 114 valence electrons. The quantitative estimate of drug-likeness (QED) is 0.822. The van der Waals surface area contributed by atoms with Crippen molar-refractivity contribution in [2.75, 3.05) is 18.6 Å². The first-order valence-corrected chi connectivity index (χ1v) is 8.47. The van der Waals surface area contributed by atoms with Gasteiger partial charge in [0.15, 0.2) is 0 Å². The van der Waals surface area contributed by atoms with Crippen LogP contribution in [0.4, 0.5) is 0 Å². The summed E-state index contributed by atoms with van der Waals surface area (Å²) < 4.78 is 2.05. The molecule has 0 aliphatic rings. The Morgan fingerprint density at radius 2 is 2.19 bits per heavy atom. The first kappa shape index (κ1) is 15.9. The largest absolute Gasteiger partial charge is 0.396 e. The van der Waals surface area contributed by atoms with E-state index in [4.69, 9.17) is 5.11 Å². The van der Waals surface area contributed by atoms with Gasteiger partial charge in [-0.05, 0) is 24.3 Å². The number of aromatic nitrogens is 1. The molecule has 2 aromatic rings. The van der Waals surface area contributed by atoms with Gasteiger partial charge in [0, 0.05) is 42.5 Å². The highest BCUT2D eigenvalue weighted by atomic mass is 32.2. The van der Waals surface area contributed by atoms with Gasteiger partial charge < -0.3 is 15.0 Å². The molecule has 2 N–H and O–H groups in total. The maximum atomic E-state index is 12.2. The summed E-state index contributed by atoms with van der Waals surface area (Å²) in [5, 5.41) is 13.2. The normalized spacial score (nSPS) is 12.5. The minimum atomic E-state index is 0.0128. The Bertz CT molecular complexity index is 603. The van der Waals surface area contributed by atoms with E-state index < -0.39 is 0 Å². The van der Waals surface area contributed by atoms with Gasteiger partial charge in [0.05, 0.1) is 6.42 Å². The minimum Gasteiger partial charge on any atom is -0.396 e. The van der Waals surface area contributed by atoms with Crippen molar-refractivity contribution >= 4 is 28.6 Å². The number of fused-ring (bicyclic) bond motifs is 1. The molecule has 1 heterocycles. The molecule has 1 aromatic heterocycles. The van der Waals surface area contributed by atoms with E-state index in [2.05, 4.69) is 11.4 Å². The van der Waals surface area contributed by atoms with E-state index in [1.807, 2.05) is 42.3 Å². The minimum absolute atomic E-state index is 0.0128. The van der Waals surface area contributed by atoms with Crippen molar-refractivity contribution in [1.29, 1.82) is 0 Å². The van der Waals surface area contributed by atoms with Gasteiger partial charge in [-0.1, -0.05) is 18.2 Å². The standard InChI is InChI=1S/C16H22N2O2S/c1-18-10-12(14-5-3-4-6-15(14)18)9-16(20)17-13(7-8-19)11-21-2/h3-6,10,13,19H,7-9,11H2,1-2H3,(H,17,20). The second-order valence-corrected chi connectivity index (χ2v) is 6.10. The third kappa shape index (κ3) is 4.02. The van der Waals surface area contributed by atoms with Crippen LogP contribution in [0.25, 0.3) is 10.9 Å². The van der Waals surface area contributed by atoms with Crippen molar-refractivity contribution in [2.24, 2.45) is 7.05 Å². The first-order valence-electron chi connectivity index (χ1n) is 7.07. The molecule has 1 amide bonds. The van der Waals surface area contributed by atoms with E-state index in [0.29, 0.717) is 12.8 Å². The number of benzene rings is 1. The zero-order valence-electron chi connectivity index (χ0n) is 12.5. The number of aliphatic hydroxyl groups is 1. The molecule has 4 nitrogen and oxygen atoms in total. The van der Waals surface area contributed by atoms with Crippen LogP contribution in [0.15, 0.2) is 30.5 Å². The van der Waals surface area contributed by atoms with Crippen LogP contribution in [0.3, 0.4) is 0 Å². The van der Waals surface area contributed by atoms with Crippen molar-refractivity contribution < 1.29 is 9.90 Å². The second kappa shape index (κ2) is 7.52. The van der Waals surface area contributed by atoms with Crippen LogP contribution >= 0.6 is 11.8 Å². The number of aryl methyl sites for hydroxylation is 1. The van der Waals surface area contributed by atoms with E-state index in [1.54, 1.807) is 11.8 Å². The highest BCUT2D eigenvalue weighted by molar-refractivity contribution is 7.98. The van der Waals surface area contributed by atoms with Gasteiger partial charge in [-0.25, -0.2) is 0 Å². The van der Waals surface area contributed by atoms with Crippen molar-refractivity contribution in [1.82, 2.24) is 9.88 Å². The zero-order valence-corrected chi connectivity index (χ0v) is 13.3. The Morgan fingerprint density at radius 1 is 1.43 bits per heavy atom. The molecule has 1 atom stereocenters. The second-order valence-electron chi connectivity index (χ2n) is 5.19. The van der Waals surface area contributed by atoms with Crippen molar-refractivity contribution in [3.05, 3.63) is 36.0 Å². The molecule has 0 aliphatic carbocycles. The first-order chi connectivity index (χ1) is 10.2. The van der Waals surface area contributed by atoms with E-state index >= 15 is 0 Å². The average molecular weight is 306 g/mol. The SMILES string of the molecule is CSCC(CCO)NC(=O)Cc1cn(C)c2ccccc12. The van der Waals surface area contributed by atoms with Crippen molar-refractivity contribution in [3.8, 4) is 0 Å². The summed E-state index contributed by atoms with van der Waals surface area (Å²) in [4.78, 5) is 12.2. The lowest BCUT2D eigenvalue weighted by molar-refractivity contribution is -0.121. The molecule has 1 aromatic carbocycles. The predicted octanol–water partition coefficient (Wildman–Crippen LogP) is 1.95. The van der Waals surface area contributed by atoms with Crippen LogP contribution in [0.2, 0.25) is 0 Å². The number of para-hydroxylation sites is 1. The van der Waals surface area contributed by atoms with Gasteiger partial charge in [-0.15, -0.1) is 0 Å². The summed E-state index contributed by atoms with van der Waals surface area (Å²) >= 11 is 1.67. The fraction of sp³-hybridized carbons (Fsp3) is 0.438. The maximum Gasteiger partial charge on any atom is 0.224 e. The Balaban J connectivity index is 2.07. The number of amides is 1. The van der Waals surface area contributed by atoms with Crippen LogP contribution < -0.4 is 5.32 Å². The summed E-state index contributed by atoms with van der Waals surface area (Å²) in [7, 11) is 1.99. The van der Waals surface area contributed by atoms with Gasteiger partial charge >= 0.3 is 0 Å². The van der Waals surface area contributed by atoms with Crippen molar-refractivity contribution in [2.45, 2.75) is 18.9 Å². The Labute approximate surface area is 129 Å². The summed E-state index contributed by atoms with van der Waals surface area (Å²) in [5.41, 5.74) is 2.17. The summed E-state index contributed by atoms with van der Waals surface area (Å²) in [5.74, 6) is 0.834. The number of carbonyl (C=O) groups excluding carboxylic acids is 1. The summed E-state index contributed by atoms with van der Waals surface area (Å²) in [6.45, 7) is 0.0970. The van der Waals surface area contributed by atoms with Crippen LogP contribution in [0, 0.1) is 0 Å². The van der Waals surface area contributed by atoms with E-state index in [9.17, 15) is 4.79 Å². The third-order valence-corrected chi connectivity index (χ3v) is 4.28. The monoisotopic (exact) mass is 306 g/mol. The smallest absolute Gasteiger partial charge is 0.224 e. The van der Waals surface area contributed by atoms with Gasteiger partial charge in [0.2, 0.25) is 5.91 Å². The van der Waals surface area contributed by atoms with Crippen LogP contribution in [0.5, 0.6) is 0 Å². The van der Waals surface area contributed by atoms with Gasteiger partial charge in [0.25, 0.3) is 0 Å². The van der Waals surface area contributed by atoms with E-state index in [-0.39, 0.29) is 18.6 Å². The molecule has 5 heteroatoms. The maximum absolute atomic E-state index is 12.2. The average Bonchev–Trinajstić information content (AvgIpc) is 2.76. The van der Waals surface area contributed by atoms with Gasteiger partial charge in [-0.3, -0.25) is 4.79 Å². The number of hydrogen-bond acceptors (Lipinski definition) is 3. The fourth-order valence-electron chi connectivity index (χ4n) is 2.57. The molecular formula is C16H22N2O2S.